The molecule has 0 radical (unpaired) electrons. The van der Waals surface area contributed by atoms with Crippen molar-refractivity contribution in [1.82, 2.24) is 15.5 Å². The number of nitrogens with one attached hydrogen (secondary N) is 2. The molecule has 0 saturated carbocycles. The zero-order chi connectivity index (χ0) is 29.0. The lowest BCUT2D eigenvalue weighted by Gasteiger charge is -2.36. The third kappa shape index (κ3) is 10.7. The molecule has 38 heavy (non-hydrogen) atoms. The Morgan fingerprint density at radius 2 is 1.61 bits per heavy atom. The maximum atomic E-state index is 14.1. The molecule has 0 aliphatic carbocycles. The van der Waals surface area contributed by atoms with Crippen molar-refractivity contribution in [2.24, 2.45) is 5.92 Å². The van der Waals surface area contributed by atoms with Crippen LogP contribution in [-0.4, -0.2) is 60.1 Å². The molecule has 0 spiro atoms. The average Bonchev–Trinajstić information content (AvgIpc) is 2.79. The van der Waals surface area contributed by atoms with Crippen molar-refractivity contribution in [2.75, 3.05) is 19.7 Å². The molecule has 0 aliphatic rings. The number of amides is 3. The van der Waals surface area contributed by atoms with E-state index in [1.807, 2.05) is 52.8 Å². The lowest BCUT2D eigenvalue weighted by Crippen LogP contribution is -2.55. The Labute approximate surface area is 228 Å². The minimum atomic E-state index is -0.949. The minimum Gasteiger partial charge on any atom is -0.466 e. The predicted octanol–water partition coefficient (Wildman–Crippen LogP) is 4.59. The van der Waals surface area contributed by atoms with Crippen LogP contribution in [0.5, 0.6) is 0 Å². The first kappa shape index (κ1) is 32.9. The van der Waals surface area contributed by atoms with Crippen LogP contribution in [0.3, 0.4) is 0 Å². The second kappa shape index (κ2) is 15.3. The van der Waals surface area contributed by atoms with Crippen molar-refractivity contribution in [3.05, 3.63) is 34.9 Å². The van der Waals surface area contributed by atoms with Crippen molar-refractivity contribution in [3.8, 4) is 0 Å². The molecule has 3 unspecified atom stereocenters. The highest BCUT2D eigenvalue weighted by Gasteiger charge is 2.37. The van der Waals surface area contributed by atoms with Crippen molar-refractivity contribution in [1.29, 1.82) is 0 Å². The molecule has 1 aromatic rings. The van der Waals surface area contributed by atoms with Gasteiger partial charge in [-0.2, -0.15) is 0 Å². The lowest BCUT2D eigenvalue weighted by atomic mass is 9.94. The van der Waals surface area contributed by atoms with Crippen LogP contribution in [0.25, 0.3) is 0 Å². The van der Waals surface area contributed by atoms with Gasteiger partial charge in [0.05, 0.1) is 13.0 Å². The number of aryl methyl sites for hydroxylation is 2. The third-order valence-corrected chi connectivity index (χ3v) is 5.95. The Hall–Kier alpha value is -3.10. The molecule has 0 saturated heterocycles. The Bertz CT molecular complexity index is 936. The number of alkyl carbamates (subject to hydrolysis) is 1. The van der Waals surface area contributed by atoms with E-state index in [2.05, 4.69) is 10.6 Å². The third-order valence-electron chi connectivity index (χ3n) is 5.95. The molecule has 9 nitrogen and oxygen atoms in total. The van der Waals surface area contributed by atoms with Gasteiger partial charge in [0, 0.05) is 13.1 Å². The number of nitrogens with zero attached hydrogens (tertiary/aromatic N) is 1. The van der Waals surface area contributed by atoms with Crippen LogP contribution in [0.4, 0.5) is 4.79 Å². The second-order valence-corrected chi connectivity index (χ2v) is 10.7. The first-order valence-corrected chi connectivity index (χ1v) is 13.5. The first-order valence-electron chi connectivity index (χ1n) is 13.5. The molecule has 0 fully saturated rings. The molecule has 0 heterocycles. The van der Waals surface area contributed by atoms with Crippen LogP contribution in [0.15, 0.2) is 18.2 Å². The molecule has 3 atom stereocenters. The van der Waals surface area contributed by atoms with Gasteiger partial charge < -0.3 is 25.0 Å². The van der Waals surface area contributed by atoms with E-state index in [0.29, 0.717) is 24.9 Å². The summed E-state index contributed by atoms with van der Waals surface area (Å²) in [7, 11) is 0. The minimum absolute atomic E-state index is 0.0244. The molecule has 0 bridgehead atoms. The number of carbonyl (C=O) groups excluding carboxylic acids is 4. The molecule has 3 amide bonds. The van der Waals surface area contributed by atoms with Gasteiger partial charge in [-0.1, -0.05) is 56.5 Å². The zero-order valence-corrected chi connectivity index (χ0v) is 24.6. The Morgan fingerprint density at radius 1 is 1.00 bits per heavy atom. The molecule has 214 valence electrons. The largest absolute Gasteiger partial charge is 0.466 e. The number of esters is 1. The highest BCUT2D eigenvalue weighted by Crippen LogP contribution is 2.26. The van der Waals surface area contributed by atoms with Gasteiger partial charge in [-0.25, -0.2) is 4.79 Å². The summed E-state index contributed by atoms with van der Waals surface area (Å²) in [6, 6.07) is 3.94. The summed E-state index contributed by atoms with van der Waals surface area (Å²) >= 11 is 0. The number of hydrogen-bond acceptors (Lipinski definition) is 6. The number of rotatable bonds is 13. The summed E-state index contributed by atoms with van der Waals surface area (Å²) < 4.78 is 10.4. The van der Waals surface area contributed by atoms with Gasteiger partial charge in [0.1, 0.15) is 17.7 Å². The molecular weight excluding hydrogens is 486 g/mol. The van der Waals surface area contributed by atoms with Crippen LogP contribution >= 0.6 is 0 Å². The summed E-state index contributed by atoms with van der Waals surface area (Å²) in [6.45, 7) is 17.3. The fourth-order valence-corrected chi connectivity index (χ4v) is 4.16. The summed E-state index contributed by atoms with van der Waals surface area (Å²) in [4.78, 5) is 53.7. The van der Waals surface area contributed by atoms with E-state index < -0.39 is 35.7 Å². The maximum Gasteiger partial charge on any atom is 0.408 e. The molecule has 9 heteroatoms. The van der Waals surface area contributed by atoms with E-state index >= 15 is 0 Å². The summed E-state index contributed by atoms with van der Waals surface area (Å²) in [5, 5.41) is 5.57. The van der Waals surface area contributed by atoms with Gasteiger partial charge in [-0.05, 0) is 59.4 Å². The summed E-state index contributed by atoms with van der Waals surface area (Å²) in [5.41, 5.74) is 1.85. The smallest absolute Gasteiger partial charge is 0.408 e. The van der Waals surface area contributed by atoms with Crippen molar-refractivity contribution < 1.29 is 28.7 Å². The van der Waals surface area contributed by atoms with Gasteiger partial charge in [-0.15, -0.1) is 0 Å². The van der Waals surface area contributed by atoms with E-state index in [4.69, 9.17) is 9.47 Å². The van der Waals surface area contributed by atoms with Crippen molar-refractivity contribution in [3.63, 3.8) is 0 Å². The number of hydrogen-bond donors (Lipinski definition) is 2. The number of ether oxygens (including phenoxy) is 2. The summed E-state index contributed by atoms with van der Waals surface area (Å²) in [5.74, 6) is -1.38. The van der Waals surface area contributed by atoms with E-state index in [9.17, 15) is 19.2 Å². The van der Waals surface area contributed by atoms with Crippen LogP contribution in [-0.2, 0) is 23.9 Å². The topological polar surface area (TPSA) is 114 Å². The molecule has 0 aliphatic heterocycles. The van der Waals surface area contributed by atoms with Gasteiger partial charge in [0.2, 0.25) is 11.8 Å². The van der Waals surface area contributed by atoms with Crippen LogP contribution in [0.2, 0.25) is 0 Å². The Kier molecular flexibility index (Phi) is 13.3. The van der Waals surface area contributed by atoms with Crippen LogP contribution in [0, 0.1) is 19.8 Å². The standard InChI is InChI=1S/C29H47N3O6/c1-10-15-32(27(35)24(21(6)11-2)31-28(36)38-29(7,8)9)25(22-17-19(4)16-20(5)18-22)26(34)30-14-13-23(33)37-12-3/h16-18,21,24-25H,10-15H2,1-9H3,(H,30,34)(H,31,36). The normalized spacial score (nSPS) is 13.6. The quantitative estimate of drug-likeness (QED) is 0.359. The highest BCUT2D eigenvalue weighted by atomic mass is 16.6. The van der Waals surface area contributed by atoms with Crippen LogP contribution in [0.1, 0.15) is 90.5 Å². The predicted molar refractivity (Wildman–Crippen MR) is 148 cm³/mol. The van der Waals surface area contributed by atoms with E-state index in [0.717, 1.165) is 11.1 Å². The Balaban J connectivity index is 3.44. The number of benzene rings is 1. The fourth-order valence-electron chi connectivity index (χ4n) is 4.16. The summed E-state index contributed by atoms with van der Waals surface area (Å²) in [6.07, 6.45) is 0.570. The van der Waals surface area contributed by atoms with E-state index in [1.165, 1.54) is 4.90 Å². The molecule has 0 aromatic heterocycles. The van der Waals surface area contributed by atoms with Crippen LogP contribution < -0.4 is 10.6 Å². The average molecular weight is 534 g/mol. The van der Waals surface area contributed by atoms with Gasteiger partial charge in [-0.3, -0.25) is 14.4 Å². The van der Waals surface area contributed by atoms with E-state index in [-0.39, 0.29) is 31.4 Å². The molecular formula is C29H47N3O6. The highest BCUT2D eigenvalue weighted by molar-refractivity contribution is 5.92. The maximum absolute atomic E-state index is 14.1. The van der Waals surface area contributed by atoms with Gasteiger partial charge >= 0.3 is 12.1 Å². The monoisotopic (exact) mass is 533 g/mol. The van der Waals surface area contributed by atoms with Gasteiger partial charge in [0.15, 0.2) is 0 Å². The van der Waals surface area contributed by atoms with Crippen molar-refractivity contribution in [2.45, 2.75) is 99.3 Å². The van der Waals surface area contributed by atoms with Crippen molar-refractivity contribution >= 4 is 23.9 Å². The molecule has 1 aromatic carbocycles. The molecule has 2 N–H and O–H groups in total. The van der Waals surface area contributed by atoms with Gasteiger partial charge in [0.25, 0.3) is 0 Å². The SMILES string of the molecule is CCCN(C(=O)C(NC(=O)OC(C)(C)C)C(C)CC)C(C(=O)NCCC(=O)OCC)c1cc(C)cc(C)c1. The molecule has 1 rings (SSSR count). The second-order valence-electron chi connectivity index (χ2n) is 10.7. The number of carbonyl (C=O) groups is 4. The zero-order valence-electron chi connectivity index (χ0n) is 24.6. The lowest BCUT2D eigenvalue weighted by molar-refractivity contribution is -0.145. The van der Waals surface area contributed by atoms with E-state index in [1.54, 1.807) is 27.7 Å². The Morgan fingerprint density at radius 3 is 2.11 bits per heavy atom. The first-order chi connectivity index (χ1) is 17.7. The fraction of sp³-hybridized carbons (Fsp3) is 0.655.